The molecule has 39 heavy (non-hydrogen) atoms. The molecule has 1 aliphatic rings. The van der Waals surface area contributed by atoms with E-state index in [1.807, 2.05) is 6.07 Å². The average Bonchev–Trinajstić information content (AvgIpc) is 3.51. The summed E-state index contributed by atoms with van der Waals surface area (Å²) in [4.78, 5) is 24.7. The molecule has 4 rings (SSSR count). The van der Waals surface area contributed by atoms with E-state index in [2.05, 4.69) is 31.1 Å². The number of carbonyl (C=O) groups excluding carboxylic acids is 1. The van der Waals surface area contributed by atoms with E-state index in [4.69, 9.17) is 0 Å². The standard InChI is InChI=1S/C26H35N7O5S/c1-16-6-4-7-17(2)23(16)39(37,38)32-21(25(35)36)15-30-24(34)18-9-10-19-20(31-33(3)22(19)14-18)8-5-11-27-26-28-12-13-29-26/h4,6-7,9-10,14,21,26-29,32H,5,8,11-13,15H2,1-3H3,(H,30,34)(H,35,36). The number of hydrogen-bond donors (Lipinski definition) is 6. The van der Waals surface area contributed by atoms with Crippen LogP contribution in [-0.2, 0) is 28.3 Å². The summed E-state index contributed by atoms with van der Waals surface area (Å²) in [6, 6.07) is 8.64. The van der Waals surface area contributed by atoms with Gasteiger partial charge in [-0.3, -0.25) is 30.2 Å². The van der Waals surface area contributed by atoms with Crippen LogP contribution in [0, 0.1) is 13.8 Å². The smallest absolute Gasteiger partial charge is 0.323 e. The number of aliphatic carboxylic acids is 1. The molecule has 12 nitrogen and oxygen atoms in total. The summed E-state index contributed by atoms with van der Waals surface area (Å²) in [6.45, 7) is 5.56. The molecule has 13 heteroatoms. The third-order valence-electron chi connectivity index (χ3n) is 6.69. The van der Waals surface area contributed by atoms with Gasteiger partial charge in [-0.2, -0.15) is 9.82 Å². The van der Waals surface area contributed by atoms with Gasteiger partial charge in [-0.1, -0.05) is 24.3 Å². The van der Waals surface area contributed by atoms with E-state index in [1.54, 1.807) is 55.9 Å². The zero-order chi connectivity index (χ0) is 28.2. The molecule has 210 valence electrons. The lowest BCUT2D eigenvalue weighted by atomic mass is 10.1. The zero-order valence-corrected chi connectivity index (χ0v) is 23.1. The molecule has 1 aliphatic heterocycles. The highest BCUT2D eigenvalue weighted by atomic mass is 32.2. The highest BCUT2D eigenvalue weighted by molar-refractivity contribution is 7.89. The molecule has 0 radical (unpaired) electrons. The lowest BCUT2D eigenvalue weighted by Crippen LogP contribution is -2.48. The number of fused-ring (bicyclic) bond motifs is 1. The van der Waals surface area contributed by atoms with Crippen molar-refractivity contribution in [3.8, 4) is 0 Å². The van der Waals surface area contributed by atoms with E-state index in [0.29, 0.717) is 16.7 Å². The topological polar surface area (TPSA) is 166 Å². The van der Waals surface area contributed by atoms with Crippen LogP contribution in [0.25, 0.3) is 10.9 Å². The molecule has 1 unspecified atom stereocenters. The number of carboxylic acid groups (broad SMARTS) is 1. The van der Waals surface area contributed by atoms with Gasteiger partial charge in [-0.05, 0) is 56.5 Å². The first kappa shape index (κ1) is 28.6. The van der Waals surface area contributed by atoms with Gasteiger partial charge in [0.25, 0.3) is 5.91 Å². The predicted molar refractivity (Wildman–Crippen MR) is 147 cm³/mol. The number of nitrogens with one attached hydrogen (secondary N) is 5. The molecule has 0 saturated carbocycles. The second kappa shape index (κ2) is 12.2. The number of hydrogen-bond acceptors (Lipinski definition) is 8. The van der Waals surface area contributed by atoms with E-state index >= 15 is 0 Å². The lowest BCUT2D eigenvalue weighted by Gasteiger charge is -2.18. The van der Waals surface area contributed by atoms with Crippen molar-refractivity contribution in [1.82, 2.24) is 35.8 Å². The van der Waals surface area contributed by atoms with Gasteiger partial charge in [-0.15, -0.1) is 0 Å². The highest BCUT2D eigenvalue weighted by Crippen LogP contribution is 2.21. The second-order valence-electron chi connectivity index (χ2n) is 9.64. The van der Waals surface area contributed by atoms with Crippen LogP contribution in [0.2, 0.25) is 0 Å². The molecule has 6 N–H and O–H groups in total. The summed E-state index contributed by atoms with van der Waals surface area (Å²) in [5, 5.41) is 27.7. The average molecular weight is 558 g/mol. The molecule has 1 aromatic heterocycles. The van der Waals surface area contributed by atoms with E-state index in [1.165, 1.54) is 0 Å². The number of benzene rings is 2. The van der Waals surface area contributed by atoms with Crippen molar-refractivity contribution in [1.29, 1.82) is 0 Å². The van der Waals surface area contributed by atoms with E-state index in [0.717, 1.165) is 49.1 Å². The van der Waals surface area contributed by atoms with Crippen LogP contribution in [0.3, 0.4) is 0 Å². The number of nitrogens with zero attached hydrogens (tertiary/aromatic N) is 2. The predicted octanol–water partition coefficient (Wildman–Crippen LogP) is 0.350. The minimum absolute atomic E-state index is 0.0303. The highest BCUT2D eigenvalue weighted by Gasteiger charge is 2.28. The van der Waals surface area contributed by atoms with Gasteiger partial charge in [0.05, 0.1) is 16.1 Å². The number of carboxylic acids is 1. The van der Waals surface area contributed by atoms with Gasteiger partial charge in [0.2, 0.25) is 10.0 Å². The molecule has 1 saturated heterocycles. The van der Waals surface area contributed by atoms with Crippen LogP contribution in [0.4, 0.5) is 0 Å². The molecule has 0 bridgehead atoms. The third-order valence-corrected chi connectivity index (χ3v) is 8.47. The Morgan fingerprint density at radius 3 is 2.51 bits per heavy atom. The summed E-state index contributed by atoms with van der Waals surface area (Å²) in [6.07, 6.45) is 1.79. The minimum Gasteiger partial charge on any atom is -0.480 e. The largest absolute Gasteiger partial charge is 0.480 e. The Bertz CT molecular complexity index is 1440. The first-order valence-electron chi connectivity index (χ1n) is 12.8. The van der Waals surface area contributed by atoms with E-state index < -0.39 is 34.5 Å². The van der Waals surface area contributed by atoms with Gasteiger partial charge in [-0.25, -0.2) is 8.42 Å². The summed E-state index contributed by atoms with van der Waals surface area (Å²) < 4.78 is 29.8. The lowest BCUT2D eigenvalue weighted by molar-refractivity contribution is -0.138. The molecular formula is C26H35N7O5S. The van der Waals surface area contributed by atoms with Crippen LogP contribution in [0.5, 0.6) is 0 Å². The van der Waals surface area contributed by atoms with Gasteiger partial charge < -0.3 is 10.4 Å². The summed E-state index contributed by atoms with van der Waals surface area (Å²) >= 11 is 0. The number of rotatable bonds is 12. The van der Waals surface area contributed by atoms with Crippen molar-refractivity contribution in [3.05, 3.63) is 58.8 Å². The Morgan fingerprint density at radius 2 is 1.85 bits per heavy atom. The SMILES string of the molecule is Cc1cccc(C)c1S(=O)(=O)NC(CNC(=O)c1ccc2c(CCCNC3NCCN3)nn(C)c2c1)C(=O)O. The molecule has 1 atom stereocenters. The van der Waals surface area contributed by atoms with Crippen molar-refractivity contribution in [2.24, 2.45) is 7.05 Å². The Hall–Kier alpha value is -3.36. The first-order valence-corrected chi connectivity index (χ1v) is 14.3. The molecule has 0 aliphatic carbocycles. The second-order valence-corrected chi connectivity index (χ2v) is 11.3. The van der Waals surface area contributed by atoms with Crippen molar-refractivity contribution in [2.45, 2.75) is 43.9 Å². The molecule has 2 heterocycles. The van der Waals surface area contributed by atoms with Crippen molar-refractivity contribution in [2.75, 3.05) is 26.2 Å². The monoisotopic (exact) mass is 557 g/mol. The van der Waals surface area contributed by atoms with Crippen LogP contribution < -0.4 is 26.0 Å². The van der Waals surface area contributed by atoms with E-state index in [9.17, 15) is 23.1 Å². The molecular weight excluding hydrogens is 522 g/mol. The number of aryl methyl sites for hydroxylation is 4. The van der Waals surface area contributed by atoms with Gasteiger partial charge in [0.15, 0.2) is 0 Å². The van der Waals surface area contributed by atoms with Crippen molar-refractivity contribution < 1.29 is 23.1 Å². The first-order chi connectivity index (χ1) is 18.6. The molecule has 1 amide bonds. The fourth-order valence-corrected chi connectivity index (χ4v) is 6.42. The summed E-state index contributed by atoms with van der Waals surface area (Å²) in [5.74, 6) is -1.91. The Labute approximate surface area is 227 Å². The van der Waals surface area contributed by atoms with Crippen LogP contribution in [0.1, 0.15) is 33.6 Å². The fourth-order valence-electron chi connectivity index (χ4n) is 4.76. The van der Waals surface area contributed by atoms with Gasteiger partial charge in [0.1, 0.15) is 12.3 Å². The van der Waals surface area contributed by atoms with Gasteiger partial charge in [0, 0.05) is 37.6 Å². The number of carbonyl (C=O) groups is 2. The Morgan fingerprint density at radius 1 is 1.15 bits per heavy atom. The Kier molecular flexibility index (Phi) is 8.97. The third kappa shape index (κ3) is 6.81. The molecule has 2 aromatic carbocycles. The summed E-state index contributed by atoms with van der Waals surface area (Å²) in [7, 11) is -2.32. The molecule has 3 aromatic rings. The van der Waals surface area contributed by atoms with E-state index in [-0.39, 0.29) is 11.2 Å². The van der Waals surface area contributed by atoms with Gasteiger partial charge >= 0.3 is 5.97 Å². The normalized spacial score (nSPS) is 15.1. The zero-order valence-electron chi connectivity index (χ0n) is 22.2. The minimum atomic E-state index is -4.13. The maximum absolute atomic E-state index is 12.9. The fraction of sp³-hybridized carbons (Fsp3) is 0.423. The quantitative estimate of drug-likeness (QED) is 0.172. The summed E-state index contributed by atoms with van der Waals surface area (Å²) in [5.41, 5.74) is 3.02. The number of aromatic nitrogens is 2. The van der Waals surface area contributed by atoms with Crippen LogP contribution >= 0.6 is 0 Å². The van der Waals surface area contributed by atoms with Crippen molar-refractivity contribution >= 4 is 32.8 Å². The molecule has 1 fully saturated rings. The van der Waals surface area contributed by atoms with Crippen LogP contribution in [0.15, 0.2) is 41.3 Å². The number of sulfonamides is 1. The Balaban J connectivity index is 1.39. The van der Waals surface area contributed by atoms with Crippen molar-refractivity contribution in [3.63, 3.8) is 0 Å². The van der Waals surface area contributed by atoms with Crippen LogP contribution in [-0.4, -0.2) is 73.7 Å². The number of amides is 1. The molecule has 0 spiro atoms. The maximum Gasteiger partial charge on any atom is 0.323 e. The maximum atomic E-state index is 12.9.